The van der Waals surface area contributed by atoms with Crippen molar-refractivity contribution in [3.8, 4) is 11.8 Å². The van der Waals surface area contributed by atoms with Crippen LogP contribution in [0.4, 0.5) is 0 Å². The van der Waals surface area contributed by atoms with Crippen molar-refractivity contribution < 1.29 is 4.74 Å². The third-order valence-corrected chi connectivity index (χ3v) is 2.86. The maximum absolute atomic E-state index is 5.66. The summed E-state index contributed by atoms with van der Waals surface area (Å²) in [5, 5.41) is 3.36. The van der Waals surface area contributed by atoms with E-state index >= 15 is 0 Å². The van der Waals surface area contributed by atoms with Gasteiger partial charge in [0, 0.05) is 24.5 Å². The largest absolute Gasteiger partial charge is 0.424 e. The van der Waals surface area contributed by atoms with Gasteiger partial charge < -0.3 is 10.1 Å². The highest BCUT2D eigenvalue weighted by Gasteiger charge is 2.03. The third kappa shape index (κ3) is 4.31. The summed E-state index contributed by atoms with van der Waals surface area (Å²) in [5.41, 5.74) is 2.13. The molecule has 1 aromatic heterocycles. The zero-order valence-corrected chi connectivity index (χ0v) is 12.3. The summed E-state index contributed by atoms with van der Waals surface area (Å²) in [7, 11) is 0. The Morgan fingerprint density at radius 2 is 1.85 bits per heavy atom. The van der Waals surface area contributed by atoms with Crippen LogP contribution in [0.3, 0.4) is 0 Å². The second-order valence-corrected chi connectivity index (χ2v) is 5.27. The molecule has 0 bridgehead atoms. The zero-order valence-electron chi connectivity index (χ0n) is 12.3. The smallest absolute Gasteiger partial charge is 0.321 e. The number of hydrogen-bond donors (Lipinski definition) is 1. The monoisotopic (exact) mass is 271 g/mol. The highest BCUT2D eigenvalue weighted by Crippen LogP contribution is 2.21. The molecule has 0 radical (unpaired) electrons. The Balaban J connectivity index is 1.93. The number of para-hydroxylation sites is 1. The molecule has 0 saturated carbocycles. The summed E-state index contributed by atoms with van der Waals surface area (Å²) in [6.45, 7) is 8.13. The molecule has 0 aliphatic heterocycles. The molecule has 2 aromatic rings. The topological polar surface area (TPSA) is 47.0 Å². The van der Waals surface area contributed by atoms with E-state index in [1.165, 1.54) is 0 Å². The first-order valence-corrected chi connectivity index (χ1v) is 6.90. The minimum absolute atomic E-state index is 0.381. The number of aromatic nitrogens is 2. The normalized spacial score (nSPS) is 10.8. The Labute approximate surface area is 120 Å². The number of aryl methyl sites for hydroxylation is 1. The molecule has 0 aliphatic carbocycles. The molecule has 0 spiro atoms. The average molecular weight is 271 g/mol. The average Bonchev–Trinajstić information content (AvgIpc) is 2.43. The molecule has 2 rings (SSSR count). The second kappa shape index (κ2) is 7.01. The van der Waals surface area contributed by atoms with Gasteiger partial charge in [-0.2, -0.15) is 0 Å². The Kier molecular flexibility index (Phi) is 5.07. The first kappa shape index (κ1) is 14.5. The Bertz CT molecular complexity index is 538. The number of ether oxygens (including phenoxy) is 1. The molecule has 4 nitrogen and oxygen atoms in total. The van der Waals surface area contributed by atoms with Crippen molar-refractivity contribution in [1.82, 2.24) is 15.3 Å². The van der Waals surface area contributed by atoms with Gasteiger partial charge >= 0.3 is 6.01 Å². The van der Waals surface area contributed by atoms with Gasteiger partial charge in [0.25, 0.3) is 0 Å². The lowest BCUT2D eigenvalue weighted by Gasteiger charge is -2.08. The minimum atomic E-state index is 0.381. The first-order valence-electron chi connectivity index (χ1n) is 6.90. The summed E-state index contributed by atoms with van der Waals surface area (Å²) in [4.78, 5) is 8.48. The SMILES string of the molecule is Cc1ccccc1Oc1ncc(CNCC(C)C)cn1. The van der Waals surface area contributed by atoms with Crippen LogP contribution in [0.5, 0.6) is 11.8 Å². The molecular formula is C16H21N3O. The van der Waals surface area contributed by atoms with Crippen LogP contribution in [-0.2, 0) is 6.54 Å². The molecule has 0 aliphatic rings. The quantitative estimate of drug-likeness (QED) is 0.875. The molecule has 0 unspecified atom stereocenters. The molecule has 20 heavy (non-hydrogen) atoms. The van der Waals surface area contributed by atoms with E-state index in [4.69, 9.17) is 4.74 Å². The lowest BCUT2D eigenvalue weighted by atomic mass is 10.2. The summed E-state index contributed by atoms with van der Waals surface area (Å²) in [6, 6.07) is 8.21. The van der Waals surface area contributed by atoms with Crippen LogP contribution in [0.25, 0.3) is 0 Å². The van der Waals surface area contributed by atoms with E-state index in [0.717, 1.165) is 30.0 Å². The van der Waals surface area contributed by atoms with Gasteiger partial charge in [-0.3, -0.25) is 0 Å². The van der Waals surface area contributed by atoms with Gasteiger partial charge in [0.1, 0.15) is 5.75 Å². The van der Waals surface area contributed by atoms with Crippen LogP contribution in [0.15, 0.2) is 36.7 Å². The molecule has 0 fully saturated rings. The number of benzene rings is 1. The Morgan fingerprint density at radius 1 is 1.15 bits per heavy atom. The summed E-state index contributed by atoms with van der Waals surface area (Å²) >= 11 is 0. The molecule has 4 heteroatoms. The van der Waals surface area contributed by atoms with Crippen molar-refractivity contribution >= 4 is 0 Å². The molecule has 0 saturated heterocycles. The van der Waals surface area contributed by atoms with Crippen LogP contribution < -0.4 is 10.1 Å². The standard InChI is InChI=1S/C16H21N3O/c1-12(2)8-17-9-14-10-18-16(19-11-14)20-15-7-5-4-6-13(15)3/h4-7,10-12,17H,8-9H2,1-3H3. The van der Waals surface area contributed by atoms with Crippen LogP contribution in [0.1, 0.15) is 25.0 Å². The Morgan fingerprint density at radius 3 is 2.50 bits per heavy atom. The van der Waals surface area contributed by atoms with E-state index in [-0.39, 0.29) is 0 Å². The first-order chi connectivity index (χ1) is 9.65. The molecule has 0 amide bonds. The molecule has 106 valence electrons. The summed E-state index contributed by atoms with van der Waals surface area (Å²) in [6.07, 6.45) is 3.60. The highest BCUT2D eigenvalue weighted by atomic mass is 16.5. The van der Waals surface area contributed by atoms with Crippen molar-refractivity contribution in [2.45, 2.75) is 27.3 Å². The van der Waals surface area contributed by atoms with E-state index in [2.05, 4.69) is 29.1 Å². The van der Waals surface area contributed by atoms with Gasteiger partial charge in [0.15, 0.2) is 0 Å². The van der Waals surface area contributed by atoms with Crippen LogP contribution in [0, 0.1) is 12.8 Å². The predicted octanol–water partition coefficient (Wildman–Crippen LogP) is 3.32. The fourth-order valence-corrected chi connectivity index (χ4v) is 1.76. The van der Waals surface area contributed by atoms with Gasteiger partial charge in [-0.15, -0.1) is 0 Å². The van der Waals surface area contributed by atoms with Gasteiger partial charge in [0.05, 0.1) is 0 Å². The lowest BCUT2D eigenvalue weighted by Crippen LogP contribution is -2.19. The zero-order chi connectivity index (χ0) is 14.4. The van der Waals surface area contributed by atoms with Gasteiger partial charge in [-0.1, -0.05) is 32.0 Å². The number of rotatable bonds is 6. The van der Waals surface area contributed by atoms with E-state index in [1.54, 1.807) is 12.4 Å². The molecule has 1 heterocycles. The van der Waals surface area contributed by atoms with E-state index < -0.39 is 0 Å². The lowest BCUT2D eigenvalue weighted by molar-refractivity contribution is 0.437. The minimum Gasteiger partial charge on any atom is -0.424 e. The maximum atomic E-state index is 5.66. The van der Waals surface area contributed by atoms with Crippen molar-refractivity contribution in [3.63, 3.8) is 0 Å². The van der Waals surface area contributed by atoms with Gasteiger partial charge in [0.2, 0.25) is 0 Å². The van der Waals surface area contributed by atoms with E-state index in [9.17, 15) is 0 Å². The fraction of sp³-hybridized carbons (Fsp3) is 0.375. The molecular weight excluding hydrogens is 250 g/mol. The van der Waals surface area contributed by atoms with Crippen LogP contribution in [0.2, 0.25) is 0 Å². The van der Waals surface area contributed by atoms with Crippen molar-refractivity contribution in [1.29, 1.82) is 0 Å². The van der Waals surface area contributed by atoms with E-state index in [1.807, 2.05) is 31.2 Å². The van der Waals surface area contributed by atoms with Crippen molar-refractivity contribution in [2.75, 3.05) is 6.54 Å². The van der Waals surface area contributed by atoms with E-state index in [0.29, 0.717) is 11.9 Å². The number of nitrogens with zero attached hydrogens (tertiary/aromatic N) is 2. The molecule has 0 atom stereocenters. The van der Waals surface area contributed by atoms with Crippen molar-refractivity contribution in [2.24, 2.45) is 5.92 Å². The summed E-state index contributed by atoms with van der Waals surface area (Å²) in [5.74, 6) is 1.43. The Hall–Kier alpha value is -1.94. The van der Waals surface area contributed by atoms with Gasteiger partial charge in [-0.05, 0) is 31.0 Å². The predicted molar refractivity (Wildman–Crippen MR) is 79.8 cm³/mol. The fourth-order valence-electron chi connectivity index (χ4n) is 1.76. The maximum Gasteiger partial charge on any atom is 0.321 e. The molecule has 1 aromatic carbocycles. The number of hydrogen-bond acceptors (Lipinski definition) is 4. The van der Waals surface area contributed by atoms with Crippen LogP contribution >= 0.6 is 0 Å². The summed E-state index contributed by atoms with van der Waals surface area (Å²) < 4.78 is 5.66. The van der Waals surface area contributed by atoms with Crippen LogP contribution in [-0.4, -0.2) is 16.5 Å². The number of nitrogens with one attached hydrogen (secondary N) is 1. The van der Waals surface area contributed by atoms with Crippen molar-refractivity contribution in [3.05, 3.63) is 47.8 Å². The highest BCUT2D eigenvalue weighted by molar-refractivity contribution is 5.33. The molecule has 1 N–H and O–H groups in total. The van der Waals surface area contributed by atoms with Gasteiger partial charge in [-0.25, -0.2) is 9.97 Å². The second-order valence-electron chi connectivity index (χ2n) is 5.27. The third-order valence-electron chi connectivity index (χ3n) is 2.86.